The molecular formula is C21H22N4O2. The highest BCUT2D eigenvalue weighted by Gasteiger charge is 2.26. The van der Waals surface area contributed by atoms with Crippen LogP contribution in [0.25, 0.3) is 0 Å². The lowest BCUT2D eigenvalue weighted by Gasteiger charge is -2.24. The fraction of sp³-hybridized carbons (Fsp3) is 0.286. The number of carbonyl (C=O) groups excluding carboxylic acids is 1. The van der Waals surface area contributed by atoms with Crippen molar-refractivity contribution in [2.24, 2.45) is 0 Å². The number of hydrogen-bond acceptors (Lipinski definition) is 4. The summed E-state index contributed by atoms with van der Waals surface area (Å²) in [5.41, 5.74) is 3.19. The van der Waals surface area contributed by atoms with Crippen LogP contribution in [0.2, 0.25) is 0 Å². The maximum absolute atomic E-state index is 12.8. The summed E-state index contributed by atoms with van der Waals surface area (Å²) < 4.78 is 7.48. The lowest BCUT2D eigenvalue weighted by Crippen LogP contribution is -2.24. The number of hydrogen-bond donors (Lipinski definition) is 1. The monoisotopic (exact) mass is 362 g/mol. The van der Waals surface area contributed by atoms with Crippen LogP contribution in [0.15, 0.2) is 61.2 Å². The van der Waals surface area contributed by atoms with Crippen LogP contribution < -0.4 is 10.1 Å². The Balaban J connectivity index is 1.39. The topological polar surface area (TPSA) is 69.0 Å². The third-order valence-electron chi connectivity index (χ3n) is 4.84. The number of aromatic nitrogens is 3. The fourth-order valence-corrected chi connectivity index (χ4v) is 3.52. The number of benzene rings is 2. The van der Waals surface area contributed by atoms with Crippen molar-refractivity contribution < 1.29 is 9.53 Å². The summed E-state index contributed by atoms with van der Waals surface area (Å²) in [5, 5.41) is 7.09. The molecule has 3 aromatic rings. The molecule has 1 aliphatic carbocycles. The third kappa shape index (κ3) is 4.16. The van der Waals surface area contributed by atoms with Crippen LogP contribution in [0.3, 0.4) is 0 Å². The van der Waals surface area contributed by atoms with Gasteiger partial charge in [0.25, 0.3) is 0 Å². The van der Waals surface area contributed by atoms with Crippen LogP contribution in [0.1, 0.15) is 29.9 Å². The zero-order chi connectivity index (χ0) is 18.5. The standard InChI is InChI=1S/C21H22N4O2/c26-21(20-10-3-6-16-5-1-2-9-19(16)20)24-17-7-4-8-18(13-17)27-12-11-25-15-22-14-23-25/h1-2,4-5,7-9,13-15,20H,3,6,10-12H2,(H,24,26)/t20-/m0/s1. The van der Waals surface area contributed by atoms with Gasteiger partial charge in [0.15, 0.2) is 0 Å². The predicted octanol–water partition coefficient (Wildman–Crippen LogP) is 3.42. The average Bonchev–Trinajstić information content (AvgIpc) is 3.21. The number of nitrogens with one attached hydrogen (secondary N) is 1. The summed E-state index contributed by atoms with van der Waals surface area (Å²) in [6.45, 7) is 1.10. The van der Waals surface area contributed by atoms with Crippen molar-refractivity contribution in [3.8, 4) is 5.75 Å². The molecule has 0 bridgehead atoms. The molecule has 2 aromatic carbocycles. The molecule has 6 nitrogen and oxygen atoms in total. The van der Waals surface area contributed by atoms with Gasteiger partial charge in [-0.05, 0) is 42.5 Å². The van der Waals surface area contributed by atoms with Gasteiger partial charge in [0.1, 0.15) is 25.0 Å². The number of fused-ring (bicyclic) bond motifs is 1. The van der Waals surface area contributed by atoms with Crippen molar-refractivity contribution in [2.75, 3.05) is 11.9 Å². The lowest BCUT2D eigenvalue weighted by molar-refractivity contribution is -0.117. The summed E-state index contributed by atoms with van der Waals surface area (Å²) >= 11 is 0. The summed E-state index contributed by atoms with van der Waals surface area (Å²) in [5.74, 6) is 0.672. The Hall–Kier alpha value is -3.15. The number of amides is 1. The summed E-state index contributed by atoms with van der Waals surface area (Å²) in [7, 11) is 0. The van der Waals surface area contributed by atoms with Gasteiger partial charge in [-0.1, -0.05) is 30.3 Å². The van der Waals surface area contributed by atoms with Crippen LogP contribution in [0, 0.1) is 0 Å². The van der Waals surface area contributed by atoms with E-state index < -0.39 is 0 Å². The molecule has 0 radical (unpaired) electrons. The fourth-order valence-electron chi connectivity index (χ4n) is 3.52. The Morgan fingerprint density at radius 3 is 3.04 bits per heavy atom. The second-order valence-electron chi connectivity index (χ2n) is 6.67. The zero-order valence-electron chi connectivity index (χ0n) is 15.0. The van der Waals surface area contributed by atoms with E-state index in [1.807, 2.05) is 36.4 Å². The van der Waals surface area contributed by atoms with E-state index in [-0.39, 0.29) is 11.8 Å². The van der Waals surface area contributed by atoms with E-state index in [1.54, 1.807) is 11.0 Å². The summed E-state index contributed by atoms with van der Waals surface area (Å²) in [4.78, 5) is 16.7. The molecule has 0 unspecified atom stereocenters. The van der Waals surface area contributed by atoms with E-state index in [0.29, 0.717) is 13.2 Å². The Labute approximate surface area is 158 Å². The first kappa shape index (κ1) is 17.3. The third-order valence-corrected chi connectivity index (χ3v) is 4.84. The van der Waals surface area contributed by atoms with Crippen LogP contribution in [0.5, 0.6) is 5.75 Å². The smallest absolute Gasteiger partial charge is 0.231 e. The van der Waals surface area contributed by atoms with Crippen LogP contribution >= 0.6 is 0 Å². The van der Waals surface area contributed by atoms with E-state index in [2.05, 4.69) is 27.5 Å². The quantitative estimate of drug-likeness (QED) is 0.729. The average molecular weight is 362 g/mol. The molecule has 0 saturated heterocycles. The van der Waals surface area contributed by atoms with Crippen molar-refractivity contribution in [3.63, 3.8) is 0 Å². The summed E-state index contributed by atoms with van der Waals surface area (Å²) in [6, 6.07) is 15.8. The second kappa shape index (κ2) is 8.03. The first-order valence-corrected chi connectivity index (χ1v) is 9.23. The first-order chi connectivity index (χ1) is 13.3. The molecule has 1 aromatic heterocycles. The minimum Gasteiger partial charge on any atom is -0.492 e. The largest absolute Gasteiger partial charge is 0.492 e. The van der Waals surface area contributed by atoms with Gasteiger partial charge >= 0.3 is 0 Å². The highest BCUT2D eigenvalue weighted by Crippen LogP contribution is 2.32. The molecule has 1 amide bonds. The molecule has 1 atom stereocenters. The van der Waals surface area contributed by atoms with Gasteiger partial charge in [0.2, 0.25) is 5.91 Å². The number of ether oxygens (including phenoxy) is 1. The second-order valence-corrected chi connectivity index (χ2v) is 6.67. The Kier molecular flexibility index (Phi) is 5.14. The van der Waals surface area contributed by atoms with E-state index in [4.69, 9.17) is 4.74 Å². The first-order valence-electron chi connectivity index (χ1n) is 9.23. The van der Waals surface area contributed by atoms with Gasteiger partial charge < -0.3 is 10.1 Å². The maximum atomic E-state index is 12.8. The highest BCUT2D eigenvalue weighted by molar-refractivity contribution is 5.96. The minimum absolute atomic E-state index is 0.0434. The van der Waals surface area contributed by atoms with Crippen molar-refractivity contribution in [3.05, 3.63) is 72.3 Å². The molecule has 4 rings (SSSR count). The molecule has 6 heteroatoms. The number of rotatable bonds is 6. The van der Waals surface area contributed by atoms with Crippen LogP contribution in [-0.4, -0.2) is 27.3 Å². The van der Waals surface area contributed by atoms with Crippen molar-refractivity contribution in [2.45, 2.75) is 31.7 Å². The van der Waals surface area contributed by atoms with Gasteiger partial charge in [-0.3, -0.25) is 4.79 Å². The highest BCUT2D eigenvalue weighted by atomic mass is 16.5. The van der Waals surface area contributed by atoms with Gasteiger partial charge in [0.05, 0.1) is 12.5 Å². The molecule has 138 valence electrons. The molecule has 0 aliphatic heterocycles. The van der Waals surface area contributed by atoms with Gasteiger partial charge in [-0.2, -0.15) is 5.10 Å². The van der Waals surface area contributed by atoms with Crippen LogP contribution in [0.4, 0.5) is 5.69 Å². The maximum Gasteiger partial charge on any atom is 0.231 e. The van der Waals surface area contributed by atoms with E-state index in [0.717, 1.165) is 36.3 Å². The van der Waals surface area contributed by atoms with Crippen molar-refractivity contribution in [1.82, 2.24) is 14.8 Å². The van der Waals surface area contributed by atoms with E-state index in [1.165, 1.54) is 11.9 Å². The Morgan fingerprint density at radius 1 is 1.22 bits per heavy atom. The van der Waals surface area contributed by atoms with Gasteiger partial charge in [-0.15, -0.1) is 0 Å². The predicted molar refractivity (Wildman–Crippen MR) is 103 cm³/mol. The molecule has 27 heavy (non-hydrogen) atoms. The number of nitrogens with zero attached hydrogens (tertiary/aromatic N) is 3. The van der Waals surface area contributed by atoms with Crippen molar-refractivity contribution >= 4 is 11.6 Å². The Morgan fingerprint density at radius 2 is 2.15 bits per heavy atom. The minimum atomic E-state index is -0.0909. The number of carbonyl (C=O) groups is 1. The molecule has 1 aliphatic rings. The van der Waals surface area contributed by atoms with Gasteiger partial charge in [-0.25, -0.2) is 9.67 Å². The Bertz CT molecular complexity index is 908. The number of aryl methyl sites for hydroxylation is 1. The number of anilines is 1. The molecule has 0 fully saturated rings. The zero-order valence-corrected chi connectivity index (χ0v) is 15.0. The SMILES string of the molecule is O=C(Nc1cccc(OCCn2cncn2)c1)[C@H]1CCCc2ccccc21. The van der Waals surface area contributed by atoms with E-state index in [9.17, 15) is 4.79 Å². The molecule has 1 N–H and O–H groups in total. The normalized spacial score (nSPS) is 15.8. The molecule has 0 spiro atoms. The molecular weight excluding hydrogens is 340 g/mol. The summed E-state index contributed by atoms with van der Waals surface area (Å²) in [6.07, 6.45) is 6.13. The van der Waals surface area contributed by atoms with Crippen LogP contribution in [-0.2, 0) is 17.8 Å². The van der Waals surface area contributed by atoms with E-state index >= 15 is 0 Å². The lowest BCUT2D eigenvalue weighted by atomic mass is 9.82. The van der Waals surface area contributed by atoms with Gasteiger partial charge in [0, 0.05) is 11.8 Å². The molecule has 0 saturated carbocycles. The van der Waals surface area contributed by atoms with Crippen molar-refractivity contribution in [1.29, 1.82) is 0 Å². The molecule has 1 heterocycles.